The lowest BCUT2D eigenvalue weighted by Gasteiger charge is -2.28. The van der Waals surface area contributed by atoms with Gasteiger partial charge < -0.3 is 31.9 Å². The first-order chi connectivity index (χ1) is 13.5. The molecule has 0 aromatic rings. The molecule has 0 bridgehead atoms. The van der Waals surface area contributed by atoms with Crippen molar-refractivity contribution >= 4 is 17.6 Å². The maximum Gasteiger partial charge on any atom is 0.500 e. The van der Waals surface area contributed by atoms with Crippen LogP contribution in [0.15, 0.2) is 0 Å². The van der Waals surface area contributed by atoms with Crippen LogP contribution in [0.1, 0.15) is 61.3 Å². The molecule has 0 aliphatic rings. The van der Waals surface area contributed by atoms with E-state index in [0.717, 1.165) is 31.5 Å². The highest BCUT2D eigenvalue weighted by molar-refractivity contribution is 6.61. The fraction of sp³-hybridized carbons (Fsp3) is 1.00. The van der Waals surface area contributed by atoms with Gasteiger partial charge in [-0.3, -0.25) is 0 Å². The van der Waals surface area contributed by atoms with Crippen molar-refractivity contribution in [3.8, 4) is 0 Å². The average Bonchev–Trinajstić information content (AvgIpc) is 2.64. The molecule has 0 saturated carbocycles. The predicted molar refractivity (Wildman–Crippen MR) is 120 cm³/mol. The van der Waals surface area contributed by atoms with Crippen LogP contribution < -0.4 is 5.32 Å². The SMILES string of the molecule is CCC[Si](OCC)(OCC)OCC.CCO[Si](CCCNC)(OCC)OCC. The smallest absolute Gasteiger partial charge is 0.374 e. The molecule has 7 nitrogen and oxygen atoms in total. The van der Waals surface area contributed by atoms with Crippen LogP contribution in [0.5, 0.6) is 0 Å². The maximum atomic E-state index is 5.72. The van der Waals surface area contributed by atoms with Crippen molar-refractivity contribution in [1.82, 2.24) is 5.32 Å². The largest absolute Gasteiger partial charge is 0.500 e. The molecule has 0 spiro atoms. The van der Waals surface area contributed by atoms with E-state index in [9.17, 15) is 0 Å². The molecule has 1 N–H and O–H groups in total. The molecule has 172 valence electrons. The summed E-state index contributed by atoms with van der Waals surface area (Å²) in [5.74, 6) is 0. The van der Waals surface area contributed by atoms with Gasteiger partial charge in [-0.05, 0) is 61.6 Å². The van der Waals surface area contributed by atoms with Crippen molar-refractivity contribution in [2.45, 2.75) is 73.4 Å². The minimum absolute atomic E-state index is 0.659. The van der Waals surface area contributed by atoms with Crippen molar-refractivity contribution in [1.29, 1.82) is 0 Å². The Bertz CT molecular complexity index is 280. The van der Waals surface area contributed by atoms with E-state index in [1.165, 1.54) is 0 Å². The lowest BCUT2D eigenvalue weighted by molar-refractivity contribution is 0.0702. The molecule has 0 unspecified atom stereocenters. The van der Waals surface area contributed by atoms with E-state index in [1.54, 1.807) is 0 Å². The van der Waals surface area contributed by atoms with E-state index in [-0.39, 0.29) is 0 Å². The van der Waals surface area contributed by atoms with E-state index in [0.29, 0.717) is 39.6 Å². The van der Waals surface area contributed by atoms with E-state index >= 15 is 0 Å². The molecule has 28 heavy (non-hydrogen) atoms. The summed E-state index contributed by atoms with van der Waals surface area (Å²) < 4.78 is 34.1. The van der Waals surface area contributed by atoms with Gasteiger partial charge in [0.2, 0.25) is 0 Å². The third kappa shape index (κ3) is 14.2. The van der Waals surface area contributed by atoms with Crippen LogP contribution in [0.3, 0.4) is 0 Å². The summed E-state index contributed by atoms with van der Waals surface area (Å²) in [6.07, 6.45) is 2.08. The van der Waals surface area contributed by atoms with E-state index in [1.807, 2.05) is 48.6 Å². The molecular formula is C19H47NO6Si2. The molecule has 0 aliphatic carbocycles. The van der Waals surface area contributed by atoms with Gasteiger partial charge in [-0.1, -0.05) is 13.3 Å². The van der Waals surface area contributed by atoms with E-state index in [4.69, 9.17) is 26.6 Å². The standard InChI is InChI=1S/C10H25NO3Si.C9H22O3Si/c1-5-12-15(13-6-2,14-7-3)10-8-9-11-4;1-5-9-13(10-6-2,11-7-3)12-8-4/h11H,5-10H2,1-4H3;5-9H2,1-4H3. The Labute approximate surface area is 176 Å². The van der Waals surface area contributed by atoms with Crippen LogP contribution >= 0.6 is 0 Å². The van der Waals surface area contributed by atoms with Gasteiger partial charge in [-0.2, -0.15) is 0 Å². The summed E-state index contributed by atoms with van der Waals surface area (Å²) in [6, 6.07) is 1.81. The molecule has 0 fully saturated rings. The summed E-state index contributed by atoms with van der Waals surface area (Å²) in [7, 11) is -2.72. The van der Waals surface area contributed by atoms with Gasteiger partial charge in [0.15, 0.2) is 0 Å². The van der Waals surface area contributed by atoms with Crippen LogP contribution in [0.25, 0.3) is 0 Å². The second-order valence-electron chi connectivity index (χ2n) is 5.92. The maximum absolute atomic E-state index is 5.72. The van der Waals surface area contributed by atoms with E-state index < -0.39 is 17.6 Å². The molecule has 0 aliphatic heterocycles. The lowest BCUT2D eigenvalue weighted by atomic mass is 10.5. The Morgan fingerprint density at radius 3 is 1.11 bits per heavy atom. The van der Waals surface area contributed by atoms with Crippen molar-refractivity contribution in [3.05, 3.63) is 0 Å². The van der Waals surface area contributed by atoms with Crippen molar-refractivity contribution in [3.63, 3.8) is 0 Å². The fourth-order valence-corrected chi connectivity index (χ4v) is 8.02. The third-order valence-corrected chi connectivity index (χ3v) is 10.1. The van der Waals surface area contributed by atoms with Crippen LogP contribution in [0.4, 0.5) is 0 Å². The van der Waals surface area contributed by atoms with Crippen LogP contribution in [-0.2, 0) is 26.6 Å². The molecule has 0 radical (unpaired) electrons. The van der Waals surface area contributed by atoms with Crippen LogP contribution in [0.2, 0.25) is 12.1 Å². The zero-order chi connectivity index (χ0) is 21.7. The van der Waals surface area contributed by atoms with Crippen molar-refractivity contribution in [2.75, 3.05) is 53.2 Å². The molecule has 0 atom stereocenters. The van der Waals surface area contributed by atoms with Gasteiger partial charge in [0.05, 0.1) is 0 Å². The Morgan fingerprint density at radius 1 is 0.536 bits per heavy atom. The first kappa shape index (κ1) is 30.3. The number of rotatable bonds is 18. The van der Waals surface area contributed by atoms with Gasteiger partial charge in [-0.25, -0.2) is 0 Å². The Hall–Kier alpha value is 0.154. The van der Waals surface area contributed by atoms with Gasteiger partial charge in [0.1, 0.15) is 0 Å². The molecule has 0 saturated heterocycles. The highest BCUT2D eigenvalue weighted by Crippen LogP contribution is 2.18. The Kier molecular flexibility index (Phi) is 22.1. The highest BCUT2D eigenvalue weighted by atomic mass is 28.4. The fourth-order valence-electron chi connectivity index (χ4n) is 2.79. The summed E-state index contributed by atoms with van der Waals surface area (Å²) in [4.78, 5) is 0. The minimum atomic E-state index is -2.37. The second kappa shape index (κ2) is 20.4. The number of hydrogen-bond donors (Lipinski definition) is 1. The summed E-state index contributed by atoms with van der Waals surface area (Å²) in [5, 5.41) is 3.12. The lowest BCUT2D eigenvalue weighted by Crippen LogP contribution is -2.46. The zero-order valence-electron chi connectivity index (χ0n) is 19.7. The molecule has 0 rings (SSSR count). The Balaban J connectivity index is 0. The molecule has 0 heterocycles. The summed E-state index contributed by atoms with van der Waals surface area (Å²) >= 11 is 0. The normalized spacial score (nSPS) is 12.0. The zero-order valence-corrected chi connectivity index (χ0v) is 21.7. The molecule has 0 aromatic carbocycles. The minimum Gasteiger partial charge on any atom is -0.374 e. The van der Waals surface area contributed by atoms with E-state index in [2.05, 4.69) is 12.2 Å². The quantitative estimate of drug-likeness (QED) is 0.254. The van der Waals surface area contributed by atoms with Gasteiger partial charge in [0, 0.05) is 51.7 Å². The molecule has 0 amide bonds. The summed E-state index contributed by atoms with van der Waals surface area (Å²) in [5.41, 5.74) is 0. The van der Waals surface area contributed by atoms with Gasteiger partial charge in [0.25, 0.3) is 0 Å². The molecule has 9 heteroatoms. The predicted octanol–water partition coefficient (Wildman–Crippen LogP) is 4.09. The number of nitrogens with one attached hydrogen (secondary N) is 1. The monoisotopic (exact) mass is 441 g/mol. The second-order valence-corrected chi connectivity index (χ2v) is 11.4. The van der Waals surface area contributed by atoms with Gasteiger partial charge in [-0.15, -0.1) is 0 Å². The summed E-state index contributed by atoms with van der Waals surface area (Å²) in [6.45, 7) is 19.0. The molecule has 0 aromatic heterocycles. The molecular weight excluding hydrogens is 394 g/mol. The van der Waals surface area contributed by atoms with Crippen molar-refractivity contribution in [2.24, 2.45) is 0 Å². The van der Waals surface area contributed by atoms with Crippen LogP contribution in [-0.4, -0.2) is 70.8 Å². The first-order valence-electron chi connectivity index (χ1n) is 11.0. The highest BCUT2D eigenvalue weighted by Gasteiger charge is 2.40. The van der Waals surface area contributed by atoms with Crippen LogP contribution in [0, 0.1) is 0 Å². The average molecular weight is 442 g/mol. The van der Waals surface area contributed by atoms with Gasteiger partial charge >= 0.3 is 17.6 Å². The third-order valence-electron chi connectivity index (χ3n) is 3.65. The van der Waals surface area contributed by atoms with Crippen molar-refractivity contribution < 1.29 is 26.6 Å². The Morgan fingerprint density at radius 2 is 0.857 bits per heavy atom. The first-order valence-corrected chi connectivity index (χ1v) is 14.8. The number of hydrogen-bond acceptors (Lipinski definition) is 7. The topological polar surface area (TPSA) is 67.4 Å².